The normalized spacial score (nSPS) is 26.8. The van der Waals surface area contributed by atoms with Crippen LogP contribution in [0, 0.1) is 0 Å². The van der Waals surface area contributed by atoms with E-state index >= 15 is 0 Å². The molecule has 2 aliphatic rings. The number of nitrogen functional groups attached to an aromatic ring is 1. The fourth-order valence-electron chi connectivity index (χ4n) is 3.30. The molecule has 3 rings (SSSR count). The highest BCUT2D eigenvalue weighted by atomic mass is 16.5. The second-order valence-electron chi connectivity index (χ2n) is 6.34. The summed E-state index contributed by atoms with van der Waals surface area (Å²) in [7, 11) is 0. The number of pyridine rings is 1. The molecule has 2 unspecified atom stereocenters. The third kappa shape index (κ3) is 4.32. The number of rotatable bonds is 4. The van der Waals surface area contributed by atoms with Gasteiger partial charge in [-0.05, 0) is 43.4 Å². The Balaban J connectivity index is 1.63. The van der Waals surface area contributed by atoms with Gasteiger partial charge >= 0.3 is 0 Å². The van der Waals surface area contributed by atoms with E-state index in [9.17, 15) is 5.11 Å². The van der Waals surface area contributed by atoms with Crippen molar-refractivity contribution in [3.8, 4) is 0 Å². The third-order valence-corrected chi connectivity index (χ3v) is 4.41. The van der Waals surface area contributed by atoms with Crippen molar-refractivity contribution in [1.82, 2.24) is 9.88 Å². The molecular formula is C16H26N4O2. The quantitative estimate of drug-likeness (QED) is 0.775. The third-order valence-electron chi connectivity index (χ3n) is 4.41. The molecule has 0 radical (unpaired) electrons. The zero-order chi connectivity index (χ0) is 15.4. The number of anilines is 2. The predicted octanol–water partition coefficient (Wildman–Crippen LogP) is 1.21. The number of aliphatic hydroxyl groups excluding tert-OH is 1. The molecule has 0 bridgehead atoms. The average molecular weight is 306 g/mol. The van der Waals surface area contributed by atoms with Crippen LogP contribution in [0.3, 0.4) is 0 Å². The number of hydrogen-bond acceptors (Lipinski definition) is 6. The number of aromatic nitrogens is 1. The fraction of sp³-hybridized carbons (Fsp3) is 0.688. The lowest BCUT2D eigenvalue weighted by atomic mass is 9.93. The van der Waals surface area contributed by atoms with Crippen LogP contribution in [0.4, 0.5) is 11.6 Å². The van der Waals surface area contributed by atoms with Gasteiger partial charge in [-0.15, -0.1) is 0 Å². The smallest absolute Gasteiger partial charge is 0.128 e. The first-order valence-corrected chi connectivity index (χ1v) is 8.20. The highest BCUT2D eigenvalue weighted by Gasteiger charge is 2.20. The SMILES string of the molecule is Nc1cc(CN2CCOCC2)cc(NC2CCCC(O)C2)n1. The first-order chi connectivity index (χ1) is 10.7. The lowest BCUT2D eigenvalue weighted by molar-refractivity contribution is 0.0342. The lowest BCUT2D eigenvalue weighted by Gasteiger charge is -2.28. The molecule has 2 heterocycles. The minimum atomic E-state index is -0.194. The summed E-state index contributed by atoms with van der Waals surface area (Å²) >= 11 is 0. The van der Waals surface area contributed by atoms with Gasteiger partial charge in [-0.25, -0.2) is 4.98 Å². The van der Waals surface area contributed by atoms with Crippen LogP contribution < -0.4 is 11.1 Å². The molecule has 2 fully saturated rings. The van der Waals surface area contributed by atoms with Crippen molar-refractivity contribution >= 4 is 11.6 Å². The van der Waals surface area contributed by atoms with E-state index in [2.05, 4.69) is 21.3 Å². The Hall–Kier alpha value is -1.37. The Morgan fingerprint density at radius 1 is 1.32 bits per heavy atom. The number of ether oxygens (including phenoxy) is 1. The molecule has 1 aliphatic heterocycles. The van der Waals surface area contributed by atoms with Gasteiger partial charge in [0.05, 0.1) is 19.3 Å². The zero-order valence-corrected chi connectivity index (χ0v) is 13.0. The van der Waals surface area contributed by atoms with Crippen LogP contribution in [-0.2, 0) is 11.3 Å². The van der Waals surface area contributed by atoms with Crippen molar-refractivity contribution < 1.29 is 9.84 Å². The van der Waals surface area contributed by atoms with Crippen molar-refractivity contribution in [3.05, 3.63) is 17.7 Å². The first-order valence-electron chi connectivity index (χ1n) is 8.20. The van der Waals surface area contributed by atoms with Crippen LogP contribution in [0.5, 0.6) is 0 Å². The number of nitrogens with one attached hydrogen (secondary N) is 1. The fourth-order valence-corrected chi connectivity index (χ4v) is 3.30. The summed E-state index contributed by atoms with van der Waals surface area (Å²) < 4.78 is 5.38. The van der Waals surface area contributed by atoms with E-state index in [0.717, 1.165) is 64.3 Å². The molecular weight excluding hydrogens is 280 g/mol. The Bertz CT molecular complexity index is 491. The van der Waals surface area contributed by atoms with Gasteiger partial charge in [0.2, 0.25) is 0 Å². The summed E-state index contributed by atoms with van der Waals surface area (Å²) in [6.45, 7) is 4.38. The molecule has 6 nitrogen and oxygen atoms in total. The molecule has 22 heavy (non-hydrogen) atoms. The molecule has 1 aliphatic carbocycles. The number of hydrogen-bond donors (Lipinski definition) is 3. The van der Waals surface area contributed by atoms with E-state index in [0.29, 0.717) is 5.82 Å². The topological polar surface area (TPSA) is 83.6 Å². The summed E-state index contributed by atoms with van der Waals surface area (Å²) in [6, 6.07) is 4.30. The van der Waals surface area contributed by atoms with Crippen LogP contribution in [-0.4, -0.2) is 53.4 Å². The molecule has 1 aromatic rings. The van der Waals surface area contributed by atoms with Crippen LogP contribution in [0.1, 0.15) is 31.2 Å². The molecule has 0 amide bonds. The minimum Gasteiger partial charge on any atom is -0.393 e. The molecule has 1 saturated carbocycles. The minimum absolute atomic E-state index is 0.194. The van der Waals surface area contributed by atoms with Gasteiger partial charge in [0.25, 0.3) is 0 Å². The Labute approximate surface area is 131 Å². The van der Waals surface area contributed by atoms with E-state index in [4.69, 9.17) is 10.5 Å². The van der Waals surface area contributed by atoms with Gasteiger partial charge in [0.1, 0.15) is 11.6 Å². The molecule has 1 aromatic heterocycles. The molecule has 6 heteroatoms. The van der Waals surface area contributed by atoms with Crippen molar-refractivity contribution in [1.29, 1.82) is 0 Å². The maximum atomic E-state index is 9.78. The van der Waals surface area contributed by atoms with Crippen LogP contribution in [0.15, 0.2) is 12.1 Å². The molecule has 4 N–H and O–H groups in total. The monoisotopic (exact) mass is 306 g/mol. The summed E-state index contributed by atoms with van der Waals surface area (Å²) in [5.41, 5.74) is 7.13. The predicted molar refractivity (Wildman–Crippen MR) is 86.6 cm³/mol. The van der Waals surface area contributed by atoms with E-state index in [1.807, 2.05) is 6.07 Å². The Morgan fingerprint density at radius 2 is 2.14 bits per heavy atom. The molecule has 122 valence electrons. The standard InChI is InChI=1S/C16H26N4O2/c17-15-8-12(11-20-4-6-22-7-5-20)9-16(19-15)18-13-2-1-3-14(21)10-13/h8-9,13-14,21H,1-7,10-11H2,(H3,17,18,19). The second-order valence-corrected chi connectivity index (χ2v) is 6.34. The summed E-state index contributed by atoms with van der Waals surface area (Å²) in [6.07, 6.45) is 3.63. The highest BCUT2D eigenvalue weighted by Crippen LogP contribution is 2.23. The maximum absolute atomic E-state index is 9.78. The number of nitrogens with two attached hydrogens (primary N) is 1. The second kappa shape index (κ2) is 7.26. The van der Waals surface area contributed by atoms with Crippen molar-refractivity contribution in [2.75, 3.05) is 37.4 Å². The number of aliphatic hydroxyl groups is 1. The Kier molecular flexibility index (Phi) is 5.12. The van der Waals surface area contributed by atoms with Gasteiger partial charge in [-0.3, -0.25) is 4.90 Å². The summed E-state index contributed by atoms with van der Waals surface area (Å²) in [4.78, 5) is 6.76. The van der Waals surface area contributed by atoms with E-state index in [-0.39, 0.29) is 12.1 Å². The molecule has 0 spiro atoms. The summed E-state index contributed by atoms with van der Waals surface area (Å²) in [5.74, 6) is 1.37. The lowest BCUT2D eigenvalue weighted by Crippen LogP contribution is -2.35. The number of nitrogens with zero attached hydrogens (tertiary/aromatic N) is 2. The Morgan fingerprint density at radius 3 is 2.91 bits per heavy atom. The van der Waals surface area contributed by atoms with Crippen molar-refractivity contribution in [2.24, 2.45) is 0 Å². The van der Waals surface area contributed by atoms with Crippen LogP contribution >= 0.6 is 0 Å². The van der Waals surface area contributed by atoms with Crippen LogP contribution in [0.25, 0.3) is 0 Å². The average Bonchev–Trinajstić information content (AvgIpc) is 2.47. The molecule has 0 aromatic carbocycles. The van der Waals surface area contributed by atoms with E-state index < -0.39 is 0 Å². The number of morpholine rings is 1. The highest BCUT2D eigenvalue weighted by molar-refractivity contribution is 5.47. The largest absolute Gasteiger partial charge is 0.393 e. The van der Waals surface area contributed by atoms with Gasteiger partial charge in [-0.2, -0.15) is 0 Å². The molecule has 1 saturated heterocycles. The zero-order valence-electron chi connectivity index (χ0n) is 13.0. The first kappa shape index (κ1) is 15.5. The summed E-state index contributed by atoms with van der Waals surface area (Å²) in [5, 5.41) is 13.2. The maximum Gasteiger partial charge on any atom is 0.128 e. The molecule has 2 atom stereocenters. The van der Waals surface area contributed by atoms with E-state index in [1.165, 1.54) is 5.56 Å². The van der Waals surface area contributed by atoms with Crippen molar-refractivity contribution in [3.63, 3.8) is 0 Å². The van der Waals surface area contributed by atoms with E-state index in [1.54, 1.807) is 0 Å². The van der Waals surface area contributed by atoms with Gasteiger partial charge in [0, 0.05) is 25.7 Å². The van der Waals surface area contributed by atoms with Crippen LogP contribution in [0.2, 0.25) is 0 Å². The van der Waals surface area contributed by atoms with Crippen molar-refractivity contribution in [2.45, 2.75) is 44.4 Å². The van der Waals surface area contributed by atoms with Gasteiger partial charge in [0.15, 0.2) is 0 Å². The van der Waals surface area contributed by atoms with Gasteiger partial charge < -0.3 is 20.9 Å². The van der Waals surface area contributed by atoms with Gasteiger partial charge in [-0.1, -0.05) is 0 Å².